The van der Waals surface area contributed by atoms with E-state index in [0.717, 1.165) is 38.0 Å². The van der Waals surface area contributed by atoms with E-state index >= 15 is 0 Å². The van der Waals surface area contributed by atoms with Crippen LogP contribution in [0.4, 0.5) is 0 Å². The zero-order chi connectivity index (χ0) is 18.7. The highest BCUT2D eigenvalue weighted by atomic mass is 16.5. The van der Waals surface area contributed by atoms with E-state index in [9.17, 15) is 9.59 Å². The predicted octanol–water partition coefficient (Wildman–Crippen LogP) is 5.59. The molecule has 1 N–H and O–H groups in total. The van der Waals surface area contributed by atoms with E-state index in [0.29, 0.717) is 25.7 Å². The van der Waals surface area contributed by atoms with Crippen molar-refractivity contribution in [3.05, 3.63) is 0 Å². The van der Waals surface area contributed by atoms with Gasteiger partial charge in [0.05, 0.1) is 11.8 Å². The van der Waals surface area contributed by atoms with Crippen LogP contribution in [0.3, 0.4) is 0 Å². The van der Waals surface area contributed by atoms with Crippen LogP contribution in [-0.2, 0) is 14.3 Å². The lowest BCUT2D eigenvalue weighted by Crippen LogP contribution is -2.29. The Morgan fingerprint density at radius 3 is 2.04 bits per heavy atom. The molecule has 1 unspecified atom stereocenters. The zero-order valence-corrected chi connectivity index (χ0v) is 16.5. The molecule has 1 aliphatic carbocycles. The van der Waals surface area contributed by atoms with Crippen LogP contribution in [0.15, 0.2) is 0 Å². The van der Waals surface area contributed by atoms with Gasteiger partial charge in [0, 0.05) is 0 Å². The molecule has 0 bridgehead atoms. The fraction of sp³-hybridized carbons (Fsp3) is 0.905. The maximum Gasteiger partial charge on any atom is 0.309 e. The Kier molecular flexibility index (Phi) is 10.8. The largest absolute Gasteiger partial charge is 0.481 e. The third kappa shape index (κ3) is 9.27. The van der Waals surface area contributed by atoms with Crippen molar-refractivity contribution in [3.63, 3.8) is 0 Å². The Balaban J connectivity index is 2.35. The van der Waals surface area contributed by atoms with Gasteiger partial charge < -0.3 is 9.84 Å². The second-order valence-electron chi connectivity index (χ2n) is 8.12. The van der Waals surface area contributed by atoms with Crippen molar-refractivity contribution in [1.82, 2.24) is 0 Å². The molecule has 0 aromatic rings. The third-order valence-electron chi connectivity index (χ3n) is 5.38. The van der Waals surface area contributed by atoms with E-state index < -0.39 is 5.97 Å². The highest BCUT2D eigenvalue weighted by Crippen LogP contribution is 2.30. The van der Waals surface area contributed by atoms with Crippen LogP contribution in [0.1, 0.15) is 97.8 Å². The smallest absolute Gasteiger partial charge is 0.309 e. The number of carboxylic acid groups (broad SMARTS) is 1. The van der Waals surface area contributed by atoms with Crippen molar-refractivity contribution < 1.29 is 19.4 Å². The van der Waals surface area contributed by atoms with E-state index in [1.165, 1.54) is 19.3 Å². The van der Waals surface area contributed by atoms with Gasteiger partial charge in [0.1, 0.15) is 6.10 Å². The van der Waals surface area contributed by atoms with Crippen LogP contribution >= 0.6 is 0 Å². The van der Waals surface area contributed by atoms with Gasteiger partial charge in [0.15, 0.2) is 0 Å². The molecule has 0 amide bonds. The summed E-state index contributed by atoms with van der Waals surface area (Å²) in [7, 11) is 0. The second kappa shape index (κ2) is 12.3. The molecular formula is C21H38O4. The molecule has 1 aliphatic rings. The molecule has 4 heteroatoms. The summed E-state index contributed by atoms with van der Waals surface area (Å²) in [6.45, 7) is 6.67. The Bertz CT molecular complexity index is 383. The van der Waals surface area contributed by atoms with Crippen LogP contribution in [0.5, 0.6) is 0 Å². The summed E-state index contributed by atoms with van der Waals surface area (Å²) in [5.41, 5.74) is 0. The van der Waals surface area contributed by atoms with Gasteiger partial charge in [-0.25, -0.2) is 0 Å². The highest BCUT2D eigenvalue weighted by Gasteiger charge is 2.31. The van der Waals surface area contributed by atoms with Crippen molar-refractivity contribution in [1.29, 1.82) is 0 Å². The first kappa shape index (κ1) is 22.0. The minimum Gasteiger partial charge on any atom is -0.481 e. The average Bonchev–Trinajstić information content (AvgIpc) is 2.58. The molecule has 1 rings (SSSR count). The van der Waals surface area contributed by atoms with Gasteiger partial charge in [-0.05, 0) is 50.9 Å². The van der Waals surface area contributed by atoms with Crippen molar-refractivity contribution in [2.45, 2.75) is 104 Å². The van der Waals surface area contributed by atoms with Gasteiger partial charge in [-0.15, -0.1) is 0 Å². The lowest BCUT2D eigenvalue weighted by atomic mass is 9.82. The molecule has 4 nitrogen and oxygen atoms in total. The summed E-state index contributed by atoms with van der Waals surface area (Å²) >= 11 is 0. The Morgan fingerprint density at radius 1 is 0.920 bits per heavy atom. The van der Waals surface area contributed by atoms with Gasteiger partial charge in [-0.2, -0.15) is 0 Å². The number of unbranched alkanes of at least 4 members (excludes halogenated alkanes) is 3. The van der Waals surface area contributed by atoms with Gasteiger partial charge >= 0.3 is 11.9 Å². The first-order chi connectivity index (χ1) is 11.9. The van der Waals surface area contributed by atoms with Gasteiger partial charge in [0.25, 0.3) is 0 Å². The third-order valence-corrected chi connectivity index (χ3v) is 5.38. The topological polar surface area (TPSA) is 63.6 Å². The van der Waals surface area contributed by atoms with Crippen LogP contribution < -0.4 is 0 Å². The van der Waals surface area contributed by atoms with Crippen LogP contribution in [0.25, 0.3) is 0 Å². The molecule has 0 spiro atoms. The van der Waals surface area contributed by atoms with Crippen molar-refractivity contribution in [3.8, 4) is 0 Å². The molecular weight excluding hydrogens is 316 g/mol. The van der Waals surface area contributed by atoms with Crippen LogP contribution in [0.2, 0.25) is 0 Å². The molecule has 0 aliphatic heterocycles. The molecule has 0 aromatic carbocycles. The average molecular weight is 355 g/mol. The summed E-state index contributed by atoms with van der Waals surface area (Å²) in [5.74, 6) is -0.433. The zero-order valence-electron chi connectivity index (χ0n) is 16.5. The maximum atomic E-state index is 12.5. The minimum atomic E-state index is -0.728. The lowest BCUT2D eigenvalue weighted by Gasteiger charge is -2.27. The number of hydrogen-bond donors (Lipinski definition) is 1. The molecule has 0 heterocycles. The molecule has 1 saturated carbocycles. The van der Waals surface area contributed by atoms with Crippen molar-refractivity contribution >= 4 is 11.9 Å². The first-order valence-corrected chi connectivity index (χ1v) is 10.4. The molecule has 1 atom stereocenters. The number of rotatable bonds is 12. The quantitative estimate of drug-likeness (QED) is 0.367. The number of carbonyl (C=O) groups excluding carboxylic acids is 1. The Morgan fingerprint density at radius 2 is 1.48 bits per heavy atom. The number of carbonyl (C=O) groups is 2. The number of esters is 1. The van der Waals surface area contributed by atoms with E-state index in [4.69, 9.17) is 9.84 Å². The number of aliphatic carboxylic acids is 1. The summed E-state index contributed by atoms with van der Waals surface area (Å²) in [6.07, 6.45) is 11.6. The fourth-order valence-corrected chi connectivity index (χ4v) is 3.63. The van der Waals surface area contributed by atoms with E-state index in [2.05, 4.69) is 20.8 Å². The highest BCUT2D eigenvalue weighted by molar-refractivity contribution is 5.74. The monoisotopic (exact) mass is 354 g/mol. The standard InChI is InChI=1S/C21H38O4/c1-4-5-10-19(11-8-6-7-9-16(2)3)25-21(24)18-14-12-17(13-15-18)20(22)23/h16-19H,4-15H2,1-3H3,(H,22,23). The number of hydrogen-bond acceptors (Lipinski definition) is 3. The van der Waals surface area contributed by atoms with E-state index in [1.54, 1.807) is 0 Å². The fourth-order valence-electron chi connectivity index (χ4n) is 3.63. The summed E-state index contributed by atoms with van der Waals surface area (Å²) in [5, 5.41) is 9.06. The summed E-state index contributed by atoms with van der Waals surface area (Å²) in [4.78, 5) is 23.5. The van der Waals surface area contributed by atoms with Gasteiger partial charge in [-0.3, -0.25) is 9.59 Å². The van der Waals surface area contributed by atoms with Crippen LogP contribution in [0, 0.1) is 17.8 Å². The Labute approximate surface area is 153 Å². The van der Waals surface area contributed by atoms with Gasteiger partial charge in [0.2, 0.25) is 0 Å². The first-order valence-electron chi connectivity index (χ1n) is 10.4. The van der Waals surface area contributed by atoms with E-state index in [-0.39, 0.29) is 23.9 Å². The minimum absolute atomic E-state index is 0.0451. The second-order valence-corrected chi connectivity index (χ2v) is 8.12. The molecule has 146 valence electrons. The Hall–Kier alpha value is -1.06. The predicted molar refractivity (Wildman–Crippen MR) is 100 cm³/mol. The van der Waals surface area contributed by atoms with Crippen LogP contribution in [-0.4, -0.2) is 23.1 Å². The lowest BCUT2D eigenvalue weighted by molar-refractivity contribution is -0.158. The molecule has 1 fully saturated rings. The SMILES string of the molecule is CCCCC(CCCCCC(C)C)OC(=O)C1CCC(C(=O)O)CC1. The van der Waals surface area contributed by atoms with Crippen molar-refractivity contribution in [2.24, 2.45) is 17.8 Å². The summed E-state index contributed by atoms with van der Waals surface area (Å²) in [6, 6.07) is 0. The molecule has 0 saturated heterocycles. The molecule has 0 aromatic heterocycles. The van der Waals surface area contributed by atoms with E-state index in [1.807, 2.05) is 0 Å². The molecule has 25 heavy (non-hydrogen) atoms. The van der Waals surface area contributed by atoms with Crippen molar-refractivity contribution in [2.75, 3.05) is 0 Å². The van der Waals surface area contributed by atoms with Gasteiger partial charge in [-0.1, -0.05) is 52.9 Å². The summed E-state index contributed by atoms with van der Waals surface area (Å²) < 4.78 is 5.83. The number of carboxylic acids is 1. The maximum absolute atomic E-state index is 12.5. The molecule has 0 radical (unpaired) electrons. The normalized spacial score (nSPS) is 21.9. The number of ether oxygens (including phenoxy) is 1.